The number of rotatable bonds is 8. The van der Waals surface area contributed by atoms with Crippen LogP contribution in [0.1, 0.15) is 44.3 Å². The molecule has 27 heavy (non-hydrogen) atoms. The molecule has 1 fully saturated rings. The SMILES string of the molecule is O=C(O)CC/C=C\C[C@@H]1CCN(Cc2cccnc2)[C@@H]1c1ccccc1.[H-].[Na+]. The van der Waals surface area contributed by atoms with Crippen LogP contribution < -0.4 is 29.6 Å². The van der Waals surface area contributed by atoms with Crippen LogP contribution in [0.15, 0.2) is 67.0 Å². The van der Waals surface area contributed by atoms with Crippen LogP contribution in [0.4, 0.5) is 0 Å². The molecule has 0 amide bonds. The molecule has 5 heteroatoms. The van der Waals surface area contributed by atoms with Crippen LogP contribution in [-0.2, 0) is 11.3 Å². The van der Waals surface area contributed by atoms with Crippen molar-refractivity contribution in [2.45, 2.75) is 38.3 Å². The van der Waals surface area contributed by atoms with Crippen LogP contribution in [-0.4, -0.2) is 27.5 Å². The first-order chi connectivity index (χ1) is 12.7. The van der Waals surface area contributed by atoms with E-state index in [2.05, 4.69) is 52.4 Å². The Bertz CT molecular complexity index is 728. The Hall–Kier alpha value is -1.46. The molecule has 0 aliphatic carbocycles. The van der Waals surface area contributed by atoms with E-state index in [1.807, 2.05) is 24.5 Å². The van der Waals surface area contributed by atoms with Gasteiger partial charge in [0.2, 0.25) is 0 Å². The second kappa shape index (κ2) is 11.4. The van der Waals surface area contributed by atoms with Gasteiger partial charge in [0.25, 0.3) is 0 Å². The van der Waals surface area contributed by atoms with Gasteiger partial charge in [0.15, 0.2) is 0 Å². The maximum absolute atomic E-state index is 10.6. The maximum atomic E-state index is 10.6. The van der Waals surface area contributed by atoms with E-state index in [1.165, 1.54) is 11.1 Å². The Morgan fingerprint density at radius 3 is 2.74 bits per heavy atom. The first kappa shape index (κ1) is 21.8. The number of likely N-dealkylation sites (tertiary alicyclic amines) is 1. The van der Waals surface area contributed by atoms with Gasteiger partial charge in [-0.25, -0.2) is 0 Å². The molecule has 0 unspecified atom stereocenters. The molecule has 1 saturated heterocycles. The van der Waals surface area contributed by atoms with E-state index in [0.29, 0.717) is 18.4 Å². The van der Waals surface area contributed by atoms with E-state index in [-0.39, 0.29) is 37.4 Å². The van der Waals surface area contributed by atoms with Crippen molar-refractivity contribution >= 4 is 5.97 Å². The summed E-state index contributed by atoms with van der Waals surface area (Å²) in [5.41, 5.74) is 2.60. The fraction of sp³-hybridized carbons (Fsp3) is 0.364. The van der Waals surface area contributed by atoms with Crippen molar-refractivity contribution in [3.63, 3.8) is 0 Å². The van der Waals surface area contributed by atoms with E-state index in [0.717, 1.165) is 25.9 Å². The number of pyridine rings is 1. The quantitative estimate of drug-likeness (QED) is 0.563. The average molecular weight is 374 g/mol. The maximum Gasteiger partial charge on any atom is 1.00 e. The summed E-state index contributed by atoms with van der Waals surface area (Å²) < 4.78 is 0. The van der Waals surface area contributed by atoms with Crippen molar-refractivity contribution in [1.82, 2.24) is 9.88 Å². The third-order valence-corrected chi connectivity index (χ3v) is 5.01. The number of carboxylic acid groups (broad SMARTS) is 1. The molecule has 1 aliphatic rings. The van der Waals surface area contributed by atoms with Crippen LogP contribution >= 0.6 is 0 Å². The molecule has 0 bridgehead atoms. The number of aliphatic carboxylic acids is 1. The average Bonchev–Trinajstić information content (AvgIpc) is 3.05. The monoisotopic (exact) mass is 374 g/mol. The molecule has 3 rings (SSSR count). The number of hydrogen-bond acceptors (Lipinski definition) is 3. The molecule has 1 aromatic heterocycles. The van der Waals surface area contributed by atoms with E-state index in [9.17, 15) is 4.79 Å². The molecule has 1 aliphatic heterocycles. The summed E-state index contributed by atoms with van der Waals surface area (Å²) in [5.74, 6) is -0.185. The molecule has 2 atom stereocenters. The van der Waals surface area contributed by atoms with Gasteiger partial charge in [-0.3, -0.25) is 14.7 Å². The Morgan fingerprint density at radius 1 is 1.22 bits per heavy atom. The molecule has 0 spiro atoms. The van der Waals surface area contributed by atoms with Crippen molar-refractivity contribution in [2.24, 2.45) is 5.92 Å². The van der Waals surface area contributed by atoms with E-state index >= 15 is 0 Å². The summed E-state index contributed by atoms with van der Waals surface area (Å²) in [4.78, 5) is 17.4. The Morgan fingerprint density at radius 2 is 2.04 bits per heavy atom. The molecule has 138 valence electrons. The van der Waals surface area contributed by atoms with Gasteiger partial charge < -0.3 is 6.53 Å². The zero-order valence-corrected chi connectivity index (χ0v) is 18.0. The van der Waals surface area contributed by atoms with Crippen molar-refractivity contribution < 1.29 is 40.9 Å². The predicted octanol–water partition coefficient (Wildman–Crippen LogP) is 1.57. The standard InChI is InChI=1S/C22H26N2O2.Na.H/c25-21(26)12-6-2-5-11-20-13-15-24(17-18-8-7-14-23-16-18)22(20)19-9-3-1-4-10-19;;/h1-5,7-10,14,16,20,22H,6,11-13,15,17H2,(H,25,26);;/q;+1;-1/b5-2-;;/t20-,22-;;/m1../s1. The van der Waals surface area contributed by atoms with E-state index < -0.39 is 5.97 Å². The predicted molar refractivity (Wildman–Crippen MR) is 104 cm³/mol. The smallest absolute Gasteiger partial charge is 1.00 e. The molecule has 2 heterocycles. The molecular weight excluding hydrogens is 347 g/mol. The molecule has 1 N–H and O–H groups in total. The molecule has 4 nitrogen and oxygen atoms in total. The first-order valence-corrected chi connectivity index (χ1v) is 9.28. The molecular formula is C22H27N2NaO2. The van der Waals surface area contributed by atoms with Crippen LogP contribution in [0.3, 0.4) is 0 Å². The van der Waals surface area contributed by atoms with Gasteiger partial charge in [0, 0.05) is 31.4 Å². The second-order valence-electron chi connectivity index (χ2n) is 6.88. The first-order valence-electron chi connectivity index (χ1n) is 9.28. The minimum absolute atomic E-state index is 0. The van der Waals surface area contributed by atoms with Crippen molar-refractivity contribution in [1.29, 1.82) is 0 Å². The summed E-state index contributed by atoms with van der Waals surface area (Å²) in [6.07, 6.45) is 10.9. The van der Waals surface area contributed by atoms with Gasteiger partial charge in [0.1, 0.15) is 0 Å². The van der Waals surface area contributed by atoms with Crippen LogP contribution in [0, 0.1) is 5.92 Å². The van der Waals surface area contributed by atoms with E-state index in [4.69, 9.17) is 5.11 Å². The van der Waals surface area contributed by atoms with Crippen molar-refractivity contribution in [2.75, 3.05) is 6.54 Å². The normalized spacial score (nSPS) is 19.9. The fourth-order valence-corrected chi connectivity index (χ4v) is 3.81. The summed E-state index contributed by atoms with van der Waals surface area (Å²) in [6.45, 7) is 1.98. The van der Waals surface area contributed by atoms with Gasteiger partial charge >= 0.3 is 35.5 Å². The van der Waals surface area contributed by atoms with Gasteiger partial charge in [0.05, 0.1) is 0 Å². The fourth-order valence-electron chi connectivity index (χ4n) is 3.81. The van der Waals surface area contributed by atoms with Gasteiger partial charge in [-0.05, 0) is 48.9 Å². The number of nitrogens with zero attached hydrogens (tertiary/aromatic N) is 2. The van der Waals surface area contributed by atoms with Crippen LogP contribution in [0.5, 0.6) is 0 Å². The summed E-state index contributed by atoms with van der Waals surface area (Å²) in [5, 5.41) is 8.74. The molecule has 2 aromatic rings. The van der Waals surface area contributed by atoms with Crippen molar-refractivity contribution in [3.8, 4) is 0 Å². The Balaban J connectivity index is 0.00000196. The number of carboxylic acids is 1. The Kier molecular flexibility index (Phi) is 9.22. The number of hydrogen-bond donors (Lipinski definition) is 1. The third-order valence-electron chi connectivity index (χ3n) is 5.01. The number of aromatic nitrogens is 1. The molecule has 1 aromatic carbocycles. The summed E-state index contributed by atoms with van der Waals surface area (Å²) in [7, 11) is 0. The summed E-state index contributed by atoms with van der Waals surface area (Å²) >= 11 is 0. The van der Waals surface area contributed by atoms with E-state index in [1.54, 1.807) is 0 Å². The van der Waals surface area contributed by atoms with Crippen LogP contribution in [0.25, 0.3) is 0 Å². The Labute approximate surface area is 185 Å². The molecule has 0 saturated carbocycles. The van der Waals surface area contributed by atoms with Gasteiger partial charge in [-0.2, -0.15) is 0 Å². The molecule has 0 radical (unpaired) electrons. The number of benzene rings is 1. The number of carbonyl (C=O) groups is 1. The third kappa shape index (κ3) is 6.58. The van der Waals surface area contributed by atoms with Crippen molar-refractivity contribution in [3.05, 3.63) is 78.1 Å². The zero-order valence-electron chi connectivity index (χ0n) is 17.0. The van der Waals surface area contributed by atoms with Gasteiger partial charge in [-0.1, -0.05) is 48.6 Å². The zero-order chi connectivity index (χ0) is 18.2. The van der Waals surface area contributed by atoms with Crippen LogP contribution in [0.2, 0.25) is 0 Å². The topological polar surface area (TPSA) is 53.4 Å². The second-order valence-corrected chi connectivity index (χ2v) is 6.88. The summed E-state index contributed by atoms with van der Waals surface area (Å²) in [6, 6.07) is 15.2. The van der Waals surface area contributed by atoms with Gasteiger partial charge in [-0.15, -0.1) is 0 Å². The minimum atomic E-state index is -0.736. The largest absolute Gasteiger partial charge is 1.00 e. The number of allylic oxidation sites excluding steroid dienone is 2. The minimum Gasteiger partial charge on any atom is -1.00 e.